The Morgan fingerprint density at radius 2 is 1.71 bits per heavy atom. The van der Waals surface area contributed by atoms with Gasteiger partial charge in [-0.15, -0.1) is 0 Å². The number of carbonyl (C=O) groups is 1. The molecule has 3 aromatic carbocycles. The number of hydrogen-bond donors (Lipinski definition) is 0. The van der Waals surface area contributed by atoms with Crippen molar-refractivity contribution in [1.29, 1.82) is 0 Å². The number of ether oxygens (including phenoxy) is 1. The van der Waals surface area contributed by atoms with E-state index in [0.717, 1.165) is 26.9 Å². The van der Waals surface area contributed by atoms with Gasteiger partial charge in [0.1, 0.15) is 12.4 Å². The molecule has 1 amide bonds. The van der Waals surface area contributed by atoms with E-state index in [-0.39, 0.29) is 11.5 Å². The van der Waals surface area contributed by atoms with E-state index in [1.807, 2.05) is 87.5 Å². The number of rotatable bonds is 8. The van der Waals surface area contributed by atoms with Crippen LogP contribution in [0.1, 0.15) is 43.5 Å². The summed E-state index contributed by atoms with van der Waals surface area (Å²) in [6, 6.07) is 22.3. The monoisotopic (exact) mass is 649 g/mol. The molecule has 0 N–H and O–H groups in total. The molecule has 4 aromatic rings. The molecule has 0 radical (unpaired) electrons. The van der Waals surface area contributed by atoms with Crippen molar-refractivity contribution in [1.82, 2.24) is 9.47 Å². The molecular weight excluding hydrogens is 622 g/mol. The van der Waals surface area contributed by atoms with Gasteiger partial charge in [-0.25, -0.2) is 4.99 Å². The molecule has 0 bridgehead atoms. The average Bonchev–Trinajstić information content (AvgIpc) is 3.27. The second-order valence-electron chi connectivity index (χ2n) is 9.59. The Hall–Kier alpha value is -3.46. The highest BCUT2D eigenvalue weighted by molar-refractivity contribution is 9.10. The Balaban J connectivity index is 1.50. The predicted octanol–water partition coefficient (Wildman–Crippen LogP) is 6.10. The lowest BCUT2D eigenvalue weighted by molar-refractivity contribution is -0.127. The van der Waals surface area contributed by atoms with Gasteiger partial charge in [0.25, 0.3) is 11.5 Å². The summed E-state index contributed by atoms with van der Waals surface area (Å²) in [6.07, 6.45) is 1.85. The number of benzene rings is 3. The normalized spacial score (nSPS) is 15.0. The summed E-state index contributed by atoms with van der Waals surface area (Å²) in [4.78, 5) is 34.6. The van der Waals surface area contributed by atoms with Crippen molar-refractivity contribution in [2.45, 2.75) is 33.4 Å². The molecule has 0 saturated heterocycles. The Morgan fingerprint density at radius 3 is 2.34 bits per heavy atom. The lowest BCUT2D eigenvalue weighted by Crippen LogP contribution is -2.43. The lowest BCUT2D eigenvalue weighted by Gasteiger charge is -2.29. The maximum Gasteiger partial charge on any atom is 0.271 e. The van der Waals surface area contributed by atoms with Crippen molar-refractivity contribution >= 4 is 50.9 Å². The molecule has 1 atom stereocenters. The van der Waals surface area contributed by atoms with Crippen LogP contribution in [0.2, 0.25) is 5.02 Å². The zero-order valence-corrected chi connectivity index (χ0v) is 26.1. The zero-order chi connectivity index (χ0) is 29.1. The molecule has 6 nitrogen and oxygen atoms in total. The number of thiazole rings is 1. The van der Waals surface area contributed by atoms with Crippen LogP contribution in [0.15, 0.2) is 98.3 Å². The third-order valence-electron chi connectivity index (χ3n) is 6.99. The molecule has 1 aromatic heterocycles. The van der Waals surface area contributed by atoms with Crippen LogP contribution in [-0.4, -0.2) is 28.5 Å². The first-order valence-electron chi connectivity index (χ1n) is 13.3. The van der Waals surface area contributed by atoms with E-state index in [0.29, 0.717) is 45.3 Å². The number of likely N-dealkylation sites (N-methyl/N-ethyl adjacent to an activating group) is 1. The first-order valence-corrected chi connectivity index (χ1v) is 15.3. The van der Waals surface area contributed by atoms with Crippen LogP contribution in [-0.2, 0) is 11.4 Å². The minimum Gasteiger partial charge on any atom is -0.489 e. The Labute approximate surface area is 256 Å². The summed E-state index contributed by atoms with van der Waals surface area (Å²) in [7, 11) is 0. The summed E-state index contributed by atoms with van der Waals surface area (Å²) in [5, 5.41) is 0.586. The van der Waals surface area contributed by atoms with E-state index in [9.17, 15) is 9.59 Å². The standard InChI is InChI=1S/C32H29BrClN3O3S/c1-4-36(5-2)31(39)28-20(3)35-32-37(29(28)23-10-14-25(34)15-11-23)30(38)27(41-32)18-21-8-16-26(17-9-21)40-19-22-6-12-24(33)13-7-22/h6-18,29H,4-5,19H2,1-3H3/b27-18+/t29-/m0/s1. The van der Waals surface area contributed by atoms with Gasteiger partial charge in [0, 0.05) is 22.6 Å². The predicted molar refractivity (Wildman–Crippen MR) is 168 cm³/mol. The minimum absolute atomic E-state index is 0.121. The van der Waals surface area contributed by atoms with Crippen molar-refractivity contribution in [3.8, 4) is 5.75 Å². The first-order chi connectivity index (χ1) is 19.8. The van der Waals surface area contributed by atoms with E-state index in [1.165, 1.54) is 11.3 Å². The molecular formula is C32H29BrClN3O3S. The summed E-state index contributed by atoms with van der Waals surface area (Å²) in [5.74, 6) is 0.619. The summed E-state index contributed by atoms with van der Waals surface area (Å²) in [6.45, 7) is 7.31. The molecule has 0 spiro atoms. The molecule has 2 heterocycles. The number of allylic oxidation sites excluding steroid dienone is 1. The topological polar surface area (TPSA) is 63.9 Å². The second-order valence-corrected chi connectivity index (χ2v) is 12.0. The number of hydrogen-bond acceptors (Lipinski definition) is 5. The number of amides is 1. The second kappa shape index (κ2) is 12.6. The molecule has 0 saturated carbocycles. The van der Waals surface area contributed by atoms with Crippen LogP contribution in [0, 0.1) is 0 Å². The van der Waals surface area contributed by atoms with E-state index < -0.39 is 6.04 Å². The van der Waals surface area contributed by atoms with Crippen molar-refractivity contribution in [3.05, 3.63) is 130 Å². The Bertz CT molecular complexity index is 1770. The number of nitrogens with zero attached hydrogens (tertiary/aromatic N) is 3. The molecule has 0 aliphatic carbocycles. The molecule has 1 aliphatic rings. The first kappa shape index (κ1) is 29.0. The fourth-order valence-corrected chi connectivity index (χ4v) is 6.23. The van der Waals surface area contributed by atoms with Crippen LogP contribution in [0.4, 0.5) is 0 Å². The highest BCUT2D eigenvalue weighted by Gasteiger charge is 2.34. The fourth-order valence-electron chi connectivity index (χ4n) is 4.80. The number of fused-ring (bicyclic) bond motifs is 1. The average molecular weight is 651 g/mol. The highest BCUT2D eigenvalue weighted by atomic mass is 79.9. The Kier molecular flexibility index (Phi) is 8.92. The van der Waals surface area contributed by atoms with Crippen molar-refractivity contribution < 1.29 is 9.53 Å². The van der Waals surface area contributed by atoms with Crippen molar-refractivity contribution in [2.75, 3.05) is 13.1 Å². The van der Waals surface area contributed by atoms with Gasteiger partial charge < -0.3 is 9.64 Å². The maximum absolute atomic E-state index is 13.9. The van der Waals surface area contributed by atoms with Crippen LogP contribution >= 0.6 is 38.9 Å². The Morgan fingerprint density at radius 1 is 1.05 bits per heavy atom. The number of aromatic nitrogens is 1. The quantitative estimate of drug-likeness (QED) is 0.232. The lowest BCUT2D eigenvalue weighted by atomic mass is 9.94. The number of carbonyl (C=O) groups excluding carboxylic acids is 1. The van der Waals surface area contributed by atoms with Crippen molar-refractivity contribution in [3.63, 3.8) is 0 Å². The molecule has 1 aliphatic heterocycles. The number of halogens is 2. The summed E-state index contributed by atoms with van der Waals surface area (Å²) < 4.78 is 9.12. The SMILES string of the molecule is CCN(CC)C(=O)C1=C(C)N=c2s/c(=C/c3ccc(OCc4ccc(Br)cc4)cc3)c(=O)n2[C@H]1c1ccc(Cl)cc1. The molecule has 9 heteroatoms. The van der Waals surface area contributed by atoms with Crippen LogP contribution in [0.5, 0.6) is 5.75 Å². The molecule has 41 heavy (non-hydrogen) atoms. The molecule has 210 valence electrons. The van der Waals surface area contributed by atoms with Gasteiger partial charge in [0.15, 0.2) is 4.80 Å². The zero-order valence-electron chi connectivity index (χ0n) is 22.9. The van der Waals surface area contributed by atoms with Crippen LogP contribution in [0.25, 0.3) is 6.08 Å². The van der Waals surface area contributed by atoms with E-state index in [4.69, 9.17) is 21.3 Å². The van der Waals surface area contributed by atoms with E-state index >= 15 is 0 Å². The largest absolute Gasteiger partial charge is 0.489 e. The fraction of sp³-hybridized carbons (Fsp3) is 0.219. The molecule has 5 rings (SSSR count). The third kappa shape index (κ3) is 6.25. The van der Waals surface area contributed by atoms with Gasteiger partial charge in [0.05, 0.1) is 21.8 Å². The van der Waals surface area contributed by atoms with Gasteiger partial charge in [-0.1, -0.05) is 75.3 Å². The van der Waals surface area contributed by atoms with E-state index in [1.54, 1.807) is 21.6 Å². The molecule has 0 unspecified atom stereocenters. The smallest absolute Gasteiger partial charge is 0.271 e. The summed E-state index contributed by atoms with van der Waals surface area (Å²) in [5.41, 5.74) is 3.66. The maximum atomic E-state index is 13.9. The van der Waals surface area contributed by atoms with Gasteiger partial charge in [-0.05, 0) is 79.9 Å². The van der Waals surface area contributed by atoms with Gasteiger partial charge in [-0.2, -0.15) is 0 Å². The van der Waals surface area contributed by atoms with E-state index in [2.05, 4.69) is 15.9 Å². The van der Waals surface area contributed by atoms with Gasteiger partial charge >= 0.3 is 0 Å². The van der Waals surface area contributed by atoms with Crippen LogP contribution < -0.4 is 19.6 Å². The summed E-state index contributed by atoms with van der Waals surface area (Å²) >= 11 is 10.9. The van der Waals surface area contributed by atoms with Gasteiger partial charge in [-0.3, -0.25) is 14.2 Å². The minimum atomic E-state index is -0.604. The van der Waals surface area contributed by atoms with Crippen LogP contribution in [0.3, 0.4) is 0 Å². The highest BCUT2D eigenvalue weighted by Crippen LogP contribution is 2.32. The van der Waals surface area contributed by atoms with Gasteiger partial charge in [0.2, 0.25) is 0 Å². The molecule has 0 fully saturated rings. The third-order valence-corrected chi connectivity index (χ3v) is 8.75. The van der Waals surface area contributed by atoms with Crippen molar-refractivity contribution in [2.24, 2.45) is 4.99 Å².